The lowest BCUT2D eigenvalue weighted by molar-refractivity contribution is 0.102. The van der Waals surface area contributed by atoms with Crippen molar-refractivity contribution in [2.45, 2.75) is 13.0 Å². The molecule has 0 radical (unpaired) electrons. The van der Waals surface area contributed by atoms with Gasteiger partial charge in [0.2, 0.25) is 0 Å². The summed E-state index contributed by atoms with van der Waals surface area (Å²) in [5, 5.41) is 5.55. The molecule has 0 saturated carbocycles. The monoisotopic (exact) mass is 354 g/mol. The number of amides is 1. The van der Waals surface area contributed by atoms with Gasteiger partial charge in [0.05, 0.1) is 5.69 Å². The molecule has 0 bridgehead atoms. The fraction of sp³-hybridized carbons (Fsp3) is 0.105. The van der Waals surface area contributed by atoms with Gasteiger partial charge in [-0.05, 0) is 24.6 Å². The minimum atomic E-state index is -0.858. The largest absolute Gasteiger partial charge is 0.363 e. The van der Waals surface area contributed by atoms with Gasteiger partial charge in [-0.25, -0.2) is 18.7 Å². The summed E-state index contributed by atoms with van der Waals surface area (Å²) in [7, 11) is 0. The Kier molecular flexibility index (Phi) is 5.17. The molecule has 1 atom stereocenters. The molecule has 5 nitrogen and oxygen atoms in total. The second kappa shape index (κ2) is 7.69. The fourth-order valence-electron chi connectivity index (χ4n) is 2.38. The normalized spacial score (nSPS) is 11.7. The van der Waals surface area contributed by atoms with Crippen molar-refractivity contribution in [2.75, 3.05) is 10.6 Å². The summed E-state index contributed by atoms with van der Waals surface area (Å²) in [6.45, 7) is 1.96. The molecule has 1 aromatic heterocycles. The average molecular weight is 354 g/mol. The predicted molar refractivity (Wildman–Crippen MR) is 94.8 cm³/mol. The van der Waals surface area contributed by atoms with Crippen molar-refractivity contribution in [3.8, 4) is 0 Å². The number of aromatic nitrogens is 2. The Morgan fingerprint density at radius 1 is 1.04 bits per heavy atom. The van der Waals surface area contributed by atoms with Crippen LogP contribution in [-0.2, 0) is 0 Å². The highest BCUT2D eigenvalue weighted by Gasteiger charge is 2.13. The summed E-state index contributed by atoms with van der Waals surface area (Å²) in [5.41, 5.74) is 0.999. The van der Waals surface area contributed by atoms with Crippen LogP contribution in [0.3, 0.4) is 0 Å². The van der Waals surface area contributed by atoms with E-state index in [4.69, 9.17) is 0 Å². The van der Waals surface area contributed by atoms with E-state index in [0.717, 1.165) is 17.7 Å². The molecule has 0 fully saturated rings. The van der Waals surface area contributed by atoms with Gasteiger partial charge in [0, 0.05) is 18.2 Å². The van der Waals surface area contributed by atoms with Crippen LogP contribution in [0.1, 0.15) is 29.0 Å². The minimum Gasteiger partial charge on any atom is -0.363 e. The van der Waals surface area contributed by atoms with Crippen LogP contribution < -0.4 is 10.6 Å². The van der Waals surface area contributed by atoms with Crippen molar-refractivity contribution in [3.63, 3.8) is 0 Å². The Morgan fingerprint density at radius 3 is 2.54 bits per heavy atom. The van der Waals surface area contributed by atoms with Crippen molar-refractivity contribution in [1.29, 1.82) is 0 Å². The van der Waals surface area contributed by atoms with E-state index >= 15 is 0 Å². The first-order valence-corrected chi connectivity index (χ1v) is 7.93. The van der Waals surface area contributed by atoms with E-state index in [1.807, 2.05) is 37.3 Å². The summed E-state index contributed by atoms with van der Waals surface area (Å²) in [4.78, 5) is 20.3. The van der Waals surface area contributed by atoms with Gasteiger partial charge in [0.1, 0.15) is 29.5 Å². The van der Waals surface area contributed by atoms with Crippen LogP contribution in [0, 0.1) is 11.6 Å². The number of benzene rings is 2. The lowest BCUT2D eigenvalue weighted by Gasteiger charge is -2.15. The van der Waals surface area contributed by atoms with Gasteiger partial charge in [-0.1, -0.05) is 30.3 Å². The highest BCUT2D eigenvalue weighted by atomic mass is 19.1. The maximum absolute atomic E-state index is 13.7. The third-order valence-electron chi connectivity index (χ3n) is 3.74. The third-order valence-corrected chi connectivity index (χ3v) is 3.74. The second-order valence-electron chi connectivity index (χ2n) is 5.64. The summed E-state index contributed by atoms with van der Waals surface area (Å²) < 4.78 is 26.6. The number of carbonyl (C=O) groups is 1. The van der Waals surface area contributed by atoms with Crippen LogP contribution >= 0.6 is 0 Å². The van der Waals surface area contributed by atoms with E-state index in [1.54, 1.807) is 0 Å². The van der Waals surface area contributed by atoms with Crippen LogP contribution in [0.2, 0.25) is 0 Å². The van der Waals surface area contributed by atoms with Crippen molar-refractivity contribution in [3.05, 3.63) is 83.8 Å². The van der Waals surface area contributed by atoms with Crippen molar-refractivity contribution in [2.24, 2.45) is 0 Å². The van der Waals surface area contributed by atoms with E-state index in [1.165, 1.54) is 12.4 Å². The second-order valence-corrected chi connectivity index (χ2v) is 5.64. The van der Waals surface area contributed by atoms with Gasteiger partial charge in [0.25, 0.3) is 5.91 Å². The highest BCUT2D eigenvalue weighted by Crippen LogP contribution is 2.19. The Labute approximate surface area is 149 Å². The standard InChI is InChI=1S/C19H16F2N4O/c1-12(13-5-3-2-4-6-13)24-18-10-17(22-11-23-18)19(26)25-16-8-7-14(20)9-15(16)21/h2-12H,1H3,(H,25,26)(H,22,23,24). The number of nitrogens with one attached hydrogen (secondary N) is 2. The molecule has 0 aliphatic rings. The van der Waals surface area contributed by atoms with Gasteiger partial charge < -0.3 is 10.6 Å². The highest BCUT2D eigenvalue weighted by molar-refractivity contribution is 6.03. The van der Waals surface area contributed by atoms with Crippen LogP contribution in [0.25, 0.3) is 0 Å². The zero-order valence-electron chi connectivity index (χ0n) is 13.9. The van der Waals surface area contributed by atoms with E-state index in [0.29, 0.717) is 11.9 Å². The first-order chi connectivity index (χ1) is 12.5. The number of carbonyl (C=O) groups excluding carboxylic acids is 1. The summed E-state index contributed by atoms with van der Waals surface area (Å²) in [6, 6.07) is 14.1. The van der Waals surface area contributed by atoms with Crippen LogP contribution in [0.15, 0.2) is 60.9 Å². The number of anilines is 2. The van der Waals surface area contributed by atoms with Gasteiger partial charge in [-0.3, -0.25) is 4.79 Å². The number of hydrogen-bond acceptors (Lipinski definition) is 4. The van der Waals surface area contributed by atoms with Crippen LogP contribution in [-0.4, -0.2) is 15.9 Å². The summed E-state index contributed by atoms with van der Waals surface area (Å²) in [6.07, 6.45) is 1.25. The molecule has 1 heterocycles. The SMILES string of the molecule is CC(Nc1cc(C(=O)Nc2ccc(F)cc2F)ncn1)c1ccccc1. The third kappa shape index (κ3) is 4.18. The summed E-state index contributed by atoms with van der Waals surface area (Å²) >= 11 is 0. The van der Waals surface area contributed by atoms with Gasteiger partial charge in [-0.15, -0.1) is 0 Å². The van der Waals surface area contributed by atoms with Crippen molar-refractivity contribution in [1.82, 2.24) is 9.97 Å². The molecular weight excluding hydrogens is 338 g/mol. The molecule has 2 N–H and O–H groups in total. The Balaban J connectivity index is 1.73. The molecule has 132 valence electrons. The molecule has 0 saturated heterocycles. The van der Waals surface area contributed by atoms with Crippen molar-refractivity contribution >= 4 is 17.4 Å². The topological polar surface area (TPSA) is 66.9 Å². The van der Waals surface area contributed by atoms with E-state index in [9.17, 15) is 13.6 Å². The molecule has 26 heavy (non-hydrogen) atoms. The minimum absolute atomic E-state index is 0.0310. The van der Waals surface area contributed by atoms with Gasteiger partial charge in [0.15, 0.2) is 0 Å². The fourth-order valence-corrected chi connectivity index (χ4v) is 2.38. The lowest BCUT2D eigenvalue weighted by Crippen LogP contribution is -2.16. The van der Waals surface area contributed by atoms with Gasteiger partial charge in [-0.2, -0.15) is 0 Å². The number of halogens is 2. The first kappa shape index (κ1) is 17.5. The molecule has 0 aliphatic carbocycles. The molecular formula is C19H16F2N4O. The zero-order chi connectivity index (χ0) is 18.5. The predicted octanol–water partition coefficient (Wildman–Crippen LogP) is 4.18. The Bertz CT molecular complexity index is 918. The van der Waals surface area contributed by atoms with Gasteiger partial charge >= 0.3 is 0 Å². The van der Waals surface area contributed by atoms with E-state index < -0.39 is 17.5 Å². The molecule has 1 amide bonds. The molecule has 1 unspecified atom stereocenters. The van der Waals surface area contributed by atoms with Crippen LogP contribution in [0.5, 0.6) is 0 Å². The van der Waals surface area contributed by atoms with E-state index in [-0.39, 0.29) is 17.4 Å². The zero-order valence-corrected chi connectivity index (χ0v) is 13.9. The summed E-state index contributed by atoms with van der Waals surface area (Å²) in [5.74, 6) is -1.73. The first-order valence-electron chi connectivity index (χ1n) is 7.93. The Morgan fingerprint density at radius 2 is 1.81 bits per heavy atom. The number of rotatable bonds is 5. The molecule has 3 rings (SSSR count). The lowest BCUT2D eigenvalue weighted by atomic mass is 10.1. The molecule has 0 spiro atoms. The number of nitrogens with zero attached hydrogens (tertiary/aromatic N) is 2. The maximum Gasteiger partial charge on any atom is 0.274 e. The van der Waals surface area contributed by atoms with Crippen molar-refractivity contribution < 1.29 is 13.6 Å². The number of hydrogen-bond donors (Lipinski definition) is 2. The quantitative estimate of drug-likeness (QED) is 0.721. The smallest absolute Gasteiger partial charge is 0.274 e. The molecule has 0 aliphatic heterocycles. The molecule has 7 heteroatoms. The Hall–Kier alpha value is -3.35. The molecule has 3 aromatic rings. The van der Waals surface area contributed by atoms with Crippen LogP contribution in [0.4, 0.5) is 20.3 Å². The van der Waals surface area contributed by atoms with E-state index in [2.05, 4.69) is 20.6 Å². The maximum atomic E-state index is 13.7. The molecule has 2 aromatic carbocycles. The average Bonchev–Trinajstić information content (AvgIpc) is 2.65.